The molecule has 0 amide bonds. The lowest BCUT2D eigenvalue weighted by Gasteiger charge is -2.15. The Hall–Kier alpha value is -0.113. The summed E-state index contributed by atoms with van der Waals surface area (Å²) in [6.45, 7) is 3.48. The van der Waals surface area contributed by atoms with Crippen molar-refractivity contribution in [3.05, 3.63) is 0 Å². The first-order valence-electron chi connectivity index (χ1n) is 3.47. The molecule has 12 heavy (non-hydrogen) atoms. The molecule has 0 aliphatic rings. The summed E-state index contributed by atoms with van der Waals surface area (Å²) in [6.07, 6.45) is -4.67. The molecule has 7 heteroatoms. The molecule has 0 spiro atoms. The van der Waals surface area contributed by atoms with Gasteiger partial charge in [0, 0.05) is 13.2 Å². The molecule has 0 aromatic carbocycles. The summed E-state index contributed by atoms with van der Waals surface area (Å²) >= 11 is 0. The monoisotopic (exact) mass is 204 g/mol. The molecule has 0 aliphatic carbocycles. The third-order valence-electron chi connectivity index (χ3n) is 0.835. The molecule has 0 atom stereocenters. The summed E-state index contributed by atoms with van der Waals surface area (Å²) in [6, 6.07) is 0. The van der Waals surface area contributed by atoms with Crippen molar-refractivity contribution in [2.24, 2.45) is 0 Å². The first kappa shape index (κ1) is 11.9. The highest BCUT2D eigenvalue weighted by Crippen LogP contribution is 2.18. The third kappa shape index (κ3) is 6.59. The molecule has 0 fully saturated rings. The predicted molar refractivity (Wildman–Crippen MR) is 37.5 cm³/mol. The first-order valence-corrected chi connectivity index (χ1v) is 4.88. The predicted octanol–water partition coefficient (Wildman–Crippen LogP) is 1.31. The zero-order chi connectivity index (χ0) is 9.61. The molecule has 74 valence electrons. The minimum atomic E-state index is -4.67. The van der Waals surface area contributed by atoms with Crippen molar-refractivity contribution in [2.75, 3.05) is 13.2 Å². The second kappa shape index (κ2) is 5.52. The van der Waals surface area contributed by atoms with E-state index in [1.807, 2.05) is 0 Å². The van der Waals surface area contributed by atoms with Crippen LogP contribution in [0.4, 0.5) is 13.2 Å². The fourth-order valence-electron chi connectivity index (χ4n) is 0.497. The van der Waals surface area contributed by atoms with Crippen molar-refractivity contribution in [2.45, 2.75) is 20.2 Å². The van der Waals surface area contributed by atoms with E-state index in [9.17, 15) is 13.2 Å². The average molecular weight is 204 g/mol. The Kier molecular flexibility index (Phi) is 5.47. The van der Waals surface area contributed by atoms with E-state index in [4.69, 9.17) is 0 Å². The lowest BCUT2D eigenvalue weighted by molar-refractivity contribution is -0.291. The van der Waals surface area contributed by atoms with Crippen molar-refractivity contribution >= 4 is 9.53 Å². The SMILES string of the molecule is CCO[SiH](OCC)OC(F)(F)F. The van der Waals surface area contributed by atoms with E-state index in [0.717, 1.165) is 0 Å². The van der Waals surface area contributed by atoms with Crippen molar-refractivity contribution < 1.29 is 26.4 Å². The molecule has 0 saturated heterocycles. The van der Waals surface area contributed by atoms with Gasteiger partial charge in [-0.05, 0) is 13.8 Å². The van der Waals surface area contributed by atoms with Crippen LogP contribution in [0.25, 0.3) is 0 Å². The van der Waals surface area contributed by atoms with Crippen LogP contribution in [0.15, 0.2) is 0 Å². The van der Waals surface area contributed by atoms with Crippen molar-refractivity contribution in [3.63, 3.8) is 0 Å². The lowest BCUT2D eigenvalue weighted by atomic mass is 10.9. The summed E-state index contributed by atoms with van der Waals surface area (Å²) < 4.78 is 47.7. The Bertz CT molecular complexity index is 113. The second-order valence-electron chi connectivity index (χ2n) is 1.76. The van der Waals surface area contributed by atoms with Crippen LogP contribution in [-0.4, -0.2) is 29.1 Å². The molecule has 0 saturated carbocycles. The van der Waals surface area contributed by atoms with E-state index in [1.54, 1.807) is 13.8 Å². The Morgan fingerprint density at radius 2 is 1.50 bits per heavy atom. The topological polar surface area (TPSA) is 27.7 Å². The summed E-state index contributed by atoms with van der Waals surface area (Å²) in [5, 5.41) is 0. The van der Waals surface area contributed by atoms with Gasteiger partial charge in [0.25, 0.3) is 0 Å². The highest BCUT2D eigenvalue weighted by molar-refractivity contribution is 6.36. The van der Waals surface area contributed by atoms with E-state index < -0.39 is 15.9 Å². The fraction of sp³-hybridized carbons (Fsp3) is 1.00. The van der Waals surface area contributed by atoms with E-state index in [1.165, 1.54) is 0 Å². The number of rotatable bonds is 5. The van der Waals surface area contributed by atoms with Gasteiger partial charge in [-0.25, -0.2) is 0 Å². The van der Waals surface area contributed by atoms with Crippen molar-refractivity contribution in [1.82, 2.24) is 0 Å². The summed E-state index contributed by atoms with van der Waals surface area (Å²) in [7, 11) is -2.98. The third-order valence-corrected chi connectivity index (χ3v) is 2.51. The minimum absolute atomic E-state index is 0.160. The van der Waals surface area contributed by atoms with Crippen LogP contribution in [0.3, 0.4) is 0 Å². The van der Waals surface area contributed by atoms with Crippen molar-refractivity contribution in [3.8, 4) is 0 Å². The molecular formula is C5H11F3O3Si. The average Bonchev–Trinajstić information content (AvgIpc) is 1.84. The zero-order valence-corrected chi connectivity index (χ0v) is 8.00. The minimum Gasteiger partial charge on any atom is -0.376 e. The van der Waals surface area contributed by atoms with E-state index in [2.05, 4.69) is 13.3 Å². The summed E-state index contributed by atoms with van der Waals surface area (Å²) in [4.78, 5) is 0. The normalized spacial score (nSPS) is 12.5. The maximum absolute atomic E-state index is 11.6. The Morgan fingerprint density at radius 3 is 1.75 bits per heavy atom. The van der Waals surface area contributed by atoms with Crippen LogP contribution in [0, 0.1) is 0 Å². The molecular weight excluding hydrogens is 193 g/mol. The second-order valence-corrected chi connectivity index (χ2v) is 3.24. The number of alkyl halides is 3. The van der Waals surface area contributed by atoms with Crippen LogP contribution in [0.1, 0.15) is 13.8 Å². The molecule has 0 unspecified atom stereocenters. The number of hydrogen-bond donors (Lipinski definition) is 0. The summed E-state index contributed by atoms with van der Waals surface area (Å²) in [5.74, 6) is 0. The molecule has 0 aromatic rings. The molecule has 0 bridgehead atoms. The molecule has 0 rings (SSSR count). The van der Waals surface area contributed by atoms with Gasteiger partial charge in [0.1, 0.15) is 0 Å². The molecule has 3 nitrogen and oxygen atoms in total. The largest absolute Gasteiger partial charge is 0.515 e. The number of halogens is 3. The molecule has 0 N–H and O–H groups in total. The van der Waals surface area contributed by atoms with Crippen LogP contribution < -0.4 is 0 Å². The van der Waals surface area contributed by atoms with Gasteiger partial charge in [0.05, 0.1) is 0 Å². The first-order chi connectivity index (χ1) is 5.49. The van der Waals surface area contributed by atoms with Crippen LogP contribution >= 0.6 is 0 Å². The van der Waals surface area contributed by atoms with Crippen molar-refractivity contribution in [1.29, 1.82) is 0 Å². The number of hydrogen-bond acceptors (Lipinski definition) is 3. The fourth-order valence-corrected chi connectivity index (χ4v) is 1.49. The van der Waals surface area contributed by atoms with Gasteiger partial charge in [-0.15, -0.1) is 13.2 Å². The molecule has 0 heterocycles. The maximum atomic E-state index is 11.6. The quantitative estimate of drug-likeness (QED) is 0.632. The standard InChI is InChI=1S/C5H11F3O3Si/c1-3-9-12(10-4-2)11-5(6,7)8/h12H,3-4H2,1-2H3. The maximum Gasteiger partial charge on any atom is 0.515 e. The van der Waals surface area contributed by atoms with E-state index in [0.29, 0.717) is 0 Å². The lowest BCUT2D eigenvalue weighted by Crippen LogP contribution is -2.33. The van der Waals surface area contributed by atoms with Crippen LogP contribution in [0.5, 0.6) is 0 Å². The molecule has 0 aliphatic heterocycles. The molecule has 0 aromatic heterocycles. The van der Waals surface area contributed by atoms with E-state index in [-0.39, 0.29) is 13.2 Å². The van der Waals surface area contributed by atoms with Gasteiger partial charge in [0.2, 0.25) is 0 Å². The molecule has 0 radical (unpaired) electrons. The Morgan fingerprint density at radius 1 is 1.08 bits per heavy atom. The van der Waals surface area contributed by atoms with Gasteiger partial charge in [-0.3, -0.25) is 4.43 Å². The Labute approximate surface area is 70.4 Å². The van der Waals surface area contributed by atoms with Gasteiger partial charge in [0.15, 0.2) is 0 Å². The van der Waals surface area contributed by atoms with Gasteiger partial charge in [-0.1, -0.05) is 0 Å². The zero-order valence-electron chi connectivity index (χ0n) is 6.85. The van der Waals surface area contributed by atoms with Gasteiger partial charge in [-0.2, -0.15) is 0 Å². The van der Waals surface area contributed by atoms with Crippen LogP contribution in [0.2, 0.25) is 0 Å². The Balaban J connectivity index is 3.77. The summed E-state index contributed by atoms with van der Waals surface area (Å²) in [5.41, 5.74) is 0. The van der Waals surface area contributed by atoms with Gasteiger partial charge < -0.3 is 8.85 Å². The van der Waals surface area contributed by atoms with Crippen LogP contribution in [-0.2, 0) is 13.3 Å². The highest BCUT2D eigenvalue weighted by atomic mass is 28.3. The van der Waals surface area contributed by atoms with E-state index >= 15 is 0 Å². The van der Waals surface area contributed by atoms with Gasteiger partial charge >= 0.3 is 15.9 Å². The highest BCUT2D eigenvalue weighted by Gasteiger charge is 2.35. The smallest absolute Gasteiger partial charge is 0.376 e.